The number of benzene rings is 2. The summed E-state index contributed by atoms with van der Waals surface area (Å²) >= 11 is 0. The van der Waals surface area contributed by atoms with Gasteiger partial charge in [-0.2, -0.15) is 0 Å². The van der Waals surface area contributed by atoms with E-state index >= 15 is 0 Å². The van der Waals surface area contributed by atoms with Gasteiger partial charge in [-0.15, -0.1) is 0 Å². The summed E-state index contributed by atoms with van der Waals surface area (Å²) in [6, 6.07) is 17.0. The maximum absolute atomic E-state index is 12.0. The van der Waals surface area contributed by atoms with Crippen LogP contribution in [0.3, 0.4) is 0 Å². The molecule has 0 radical (unpaired) electrons. The first-order chi connectivity index (χ1) is 11.6. The quantitative estimate of drug-likeness (QED) is 0.696. The van der Waals surface area contributed by atoms with E-state index in [1.807, 2.05) is 30.3 Å². The molecule has 0 saturated heterocycles. The molecule has 0 saturated carbocycles. The number of hydrogen-bond acceptors (Lipinski definition) is 3. The number of carbonyl (C=O) groups is 3. The van der Waals surface area contributed by atoms with E-state index in [0.717, 1.165) is 5.56 Å². The Morgan fingerprint density at radius 1 is 0.917 bits per heavy atom. The van der Waals surface area contributed by atoms with Crippen molar-refractivity contribution in [1.29, 1.82) is 0 Å². The van der Waals surface area contributed by atoms with Crippen LogP contribution in [0.1, 0.15) is 15.9 Å². The van der Waals surface area contributed by atoms with Gasteiger partial charge in [0.25, 0.3) is 5.91 Å². The maximum atomic E-state index is 12.0. The zero-order valence-corrected chi connectivity index (χ0v) is 13.1. The van der Waals surface area contributed by atoms with Crippen molar-refractivity contribution < 1.29 is 14.4 Å². The molecule has 0 bridgehead atoms. The second kappa shape index (κ2) is 8.47. The number of amides is 3. The van der Waals surface area contributed by atoms with Crippen molar-refractivity contribution in [2.24, 2.45) is 5.73 Å². The Balaban J connectivity index is 1.87. The van der Waals surface area contributed by atoms with Crippen LogP contribution in [0.5, 0.6) is 0 Å². The monoisotopic (exact) mass is 325 g/mol. The molecular formula is C18H19N3O3. The van der Waals surface area contributed by atoms with Gasteiger partial charge in [0, 0.05) is 12.0 Å². The Bertz CT molecular complexity index is 702. The molecule has 3 amide bonds. The molecule has 6 heteroatoms. The van der Waals surface area contributed by atoms with E-state index in [1.54, 1.807) is 30.3 Å². The SMILES string of the molecule is NC(=O)[C@H](Cc1ccccc1)NC(=O)CNC(=O)c1ccccc1. The summed E-state index contributed by atoms with van der Waals surface area (Å²) in [6.07, 6.45) is 0.300. The van der Waals surface area contributed by atoms with Crippen LogP contribution in [-0.2, 0) is 16.0 Å². The lowest BCUT2D eigenvalue weighted by atomic mass is 10.1. The van der Waals surface area contributed by atoms with Gasteiger partial charge in [0.15, 0.2) is 0 Å². The van der Waals surface area contributed by atoms with Crippen LogP contribution < -0.4 is 16.4 Å². The molecule has 124 valence electrons. The van der Waals surface area contributed by atoms with Crippen molar-refractivity contribution >= 4 is 17.7 Å². The van der Waals surface area contributed by atoms with E-state index in [2.05, 4.69) is 10.6 Å². The molecule has 0 aromatic heterocycles. The molecule has 0 heterocycles. The Morgan fingerprint density at radius 2 is 1.50 bits per heavy atom. The summed E-state index contributed by atoms with van der Waals surface area (Å²) in [6.45, 7) is -0.230. The number of carbonyl (C=O) groups excluding carboxylic acids is 3. The predicted octanol–water partition coefficient (Wildman–Crippen LogP) is 0.629. The first kappa shape index (κ1) is 17.2. The molecule has 4 N–H and O–H groups in total. The van der Waals surface area contributed by atoms with Crippen molar-refractivity contribution in [2.75, 3.05) is 6.54 Å². The molecule has 0 unspecified atom stereocenters. The van der Waals surface area contributed by atoms with Crippen molar-refractivity contribution in [3.8, 4) is 0 Å². The van der Waals surface area contributed by atoms with Gasteiger partial charge in [-0.3, -0.25) is 14.4 Å². The Hall–Kier alpha value is -3.15. The van der Waals surface area contributed by atoms with E-state index < -0.39 is 17.9 Å². The van der Waals surface area contributed by atoms with Gasteiger partial charge >= 0.3 is 0 Å². The van der Waals surface area contributed by atoms with Crippen LogP contribution in [0, 0.1) is 0 Å². The molecule has 2 aromatic carbocycles. The Kier molecular flexibility index (Phi) is 6.08. The summed E-state index contributed by atoms with van der Waals surface area (Å²) in [7, 11) is 0. The van der Waals surface area contributed by atoms with E-state index in [9.17, 15) is 14.4 Å². The van der Waals surface area contributed by atoms with Gasteiger partial charge in [-0.25, -0.2) is 0 Å². The van der Waals surface area contributed by atoms with Crippen molar-refractivity contribution in [1.82, 2.24) is 10.6 Å². The largest absolute Gasteiger partial charge is 0.368 e. The molecule has 2 aromatic rings. The van der Waals surface area contributed by atoms with Gasteiger partial charge in [-0.1, -0.05) is 48.5 Å². The molecular weight excluding hydrogens is 306 g/mol. The summed E-state index contributed by atoms with van der Waals surface area (Å²) in [4.78, 5) is 35.3. The van der Waals surface area contributed by atoms with Crippen LogP contribution in [0.4, 0.5) is 0 Å². The van der Waals surface area contributed by atoms with Crippen LogP contribution in [-0.4, -0.2) is 30.3 Å². The van der Waals surface area contributed by atoms with E-state index in [-0.39, 0.29) is 12.5 Å². The second-order valence-electron chi connectivity index (χ2n) is 5.26. The van der Waals surface area contributed by atoms with Gasteiger partial charge in [0.1, 0.15) is 6.04 Å². The predicted molar refractivity (Wildman–Crippen MR) is 90.0 cm³/mol. The smallest absolute Gasteiger partial charge is 0.251 e. The molecule has 0 aliphatic heterocycles. The molecule has 0 fully saturated rings. The fourth-order valence-electron chi connectivity index (χ4n) is 2.17. The topological polar surface area (TPSA) is 101 Å². The van der Waals surface area contributed by atoms with Gasteiger partial charge in [0.05, 0.1) is 6.54 Å². The molecule has 24 heavy (non-hydrogen) atoms. The van der Waals surface area contributed by atoms with Crippen molar-refractivity contribution in [3.05, 3.63) is 71.8 Å². The van der Waals surface area contributed by atoms with E-state index in [4.69, 9.17) is 5.73 Å². The van der Waals surface area contributed by atoms with E-state index in [0.29, 0.717) is 12.0 Å². The summed E-state index contributed by atoms with van der Waals surface area (Å²) < 4.78 is 0. The first-order valence-electron chi connectivity index (χ1n) is 7.52. The normalized spacial score (nSPS) is 11.3. The van der Waals surface area contributed by atoms with Crippen LogP contribution >= 0.6 is 0 Å². The highest BCUT2D eigenvalue weighted by Gasteiger charge is 2.18. The lowest BCUT2D eigenvalue weighted by molar-refractivity contribution is -0.126. The van der Waals surface area contributed by atoms with Crippen molar-refractivity contribution in [3.63, 3.8) is 0 Å². The molecule has 0 aliphatic rings. The lowest BCUT2D eigenvalue weighted by Crippen LogP contribution is -2.49. The summed E-state index contributed by atoms with van der Waals surface area (Å²) in [5.74, 6) is -1.45. The number of nitrogens with one attached hydrogen (secondary N) is 2. The fourth-order valence-corrected chi connectivity index (χ4v) is 2.17. The Morgan fingerprint density at radius 3 is 2.08 bits per heavy atom. The van der Waals surface area contributed by atoms with Crippen LogP contribution in [0.2, 0.25) is 0 Å². The minimum Gasteiger partial charge on any atom is -0.368 e. The van der Waals surface area contributed by atoms with Crippen LogP contribution in [0.25, 0.3) is 0 Å². The second-order valence-corrected chi connectivity index (χ2v) is 5.26. The minimum atomic E-state index is -0.825. The molecule has 1 atom stereocenters. The highest BCUT2D eigenvalue weighted by Crippen LogP contribution is 2.03. The van der Waals surface area contributed by atoms with Crippen molar-refractivity contribution in [2.45, 2.75) is 12.5 Å². The highest BCUT2D eigenvalue weighted by atomic mass is 16.2. The van der Waals surface area contributed by atoms with Gasteiger partial charge in [0.2, 0.25) is 11.8 Å². The first-order valence-corrected chi connectivity index (χ1v) is 7.52. The molecule has 6 nitrogen and oxygen atoms in total. The molecule has 0 aliphatic carbocycles. The van der Waals surface area contributed by atoms with E-state index in [1.165, 1.54) is 0 Å². The average molecular weight is 325 g/mol. The minimum absolute atomic E-state index is 0.230. The average Bonchev–Trinajstić information content (AvgIpc) is 2.60. The fraction of sp³-hybridized carbons (Fsp3) is 0.167. The maximum Gasteiger partial charge on any atom is 0.251 e. The highest BCUT2D eigenvalue weighted by molar-refractivity contribution is 5.97. The zero-order valence-electron chi connectivity index (χ0n) is 13.1. The van der Waals surface area contributed by atoms with Crippen LogP contribution in [0.15, 0.2) is 60.7 Å². The van der Waals surface area contributed by atoms with Gasteiger partial charge < -0.3 is 16.4 Å². The standard InChI is InChI=1S/C18H19N3O3/c19-17(23)15(11-13-7-3-1-4-8-13)21-16(22)12-20-18(24)14-9-5-2-6-10-14/h1-10,15H,11-12H2,(H2,19,23)(H,20,24)(H,21,22)/t15-/m0/s1. The number of rotatable bonds is 7. The summed E-state index contributed by atoms with van der Waals surface area (Å²) in [5, 5.41) is 5.05. The Labute approximate surface area is 140 Å². The zero-order chi connectivity index (χ0) is 17.4. The number of primary amides is 1. The van der Waals surface area contributed by atoms with Gasteiger partial charge in [-0.05, 0) is 17.7 Å². The lowest BCUT2D eigenvalue weighted by Gasteiger charge is -2.16. The summed E-state index contributed by atoms with van der Waals surface area (Å²) in [5.41, 5.74) is 6.68. The third-order valence-corrected chi connectivity index (χ3v) is 3.41. The third kappa shape index (κ3) is 5.24. The third-order valence-electron chi connectivity index (χ3n) is 3.41. The number of hydrogen-bond donors (Lipinski definition) is 3. The number of nitrogens with two attached hydrogens (primary N) is 1. The molecule has 2 rings (SSSR count). The molecule has 0 spiro atoms.